The lowest BCUT2D eigenvalue weighted by atomic mass is 10.3. The van der Waals surface area contributed by atoms with Crippen molar-refractivity contribution in [2.24, 2.45) is 5.73 Å². The van der Waals surface area contributed by atoms with Gasteiger partial charge < -0.3 is 10.5 Å². The number of ether oxygens (including phenoxy) is 1. The molecule has 0 radical (unpaired) electrons. The van der Waals surface area contributed by atoms with E-state index < -0.39 is 0 Å². The molecule has 3 atom stereocenters. The zero-order chi connectivity index (χ0) is 13.1. The number of hydrogen-bond donors (Lipinski definition) is 1. The summed E-state index contributed by atoms with van der Waals surface area (Å²) in [4.78, 5) is 5.90. The van der Waals surface area contributed by atoms with E-state index in [1.54, 1.807) is 18.4 Å². The zero-order valence-electron chi connectivity index (χ0n) is 11.0. The number of nitrogens with two attached hydrogens (primary N) is 1. The molecule has 1 aliphatic heterocycles. The lowest BCUT2D eigenvalue weighted by Gasteiger charge is -2.30. The van der Waals surface area contributed by atoms with E-state index >= 15 is 0 Å². The summed E-state index contributed by atoms with van der Waals surface area (Å²) in [6, 6.07) is 0. The Kier molecular flexibility index (Phi) is 5.38. The first-order chi connectivity index (χ1) is 8.65. The molecule has 2 N–H and O–H groups in total. The maximum absolute atomic E-state index is 5.78. The molecule has 2 heterocycles. The number of rotatable bonds is 4. The summed E-state index contributed by atoms with van der Waals surface area (Å²) in [7, 11) is 1.70. The van der Waals surface area contributed by atoms with Gasteiger partial charge in [0.05, 0.1) is 17.6 Å². The highest BCUT2D eigenvalue weighted by Gasteiger charge is 2.29. The molecule has 1 saturated heterocycles. The van der Waals surface area contributed by atoms with Gasteiger partial charge in [-0.3, -0.25) is 0 Å². The van der Waals surface area contributed by atoms with Crippen LogP contribution in [0.4, 0.5) is 0 Å². The van der Waals surface area contributed by atoms with Gasteiger partial charge in [0.15, 0.2) is 0 Å². The van der Waals surface area contributed by atoms with Gasteiger partial charge in [-0.05, 0) is 0 Å². The van der Waals surface area contributed by atoms with E-state index in [4.69, 9.17) is 15.5 Å². The quantitative estimate of drug-likeness (QED) is 0.926. The molecule has 1 fully saturated rings. The van der Waals surface area contributed by atoms with Gasteiger partial charge in [-0.1, -0.05) is 13.8 Å². The maximum atomic E-state index is 5.78. The smallest absolute Gasteiger partial charge is 0.107 e. The minimum absolute atomic E-state index is 0.516. The molecule has 3 unspecified atom stereocenters. The predicted octanol–water partition coefficient (Wildman–Crippen LogP) is 3.05. The van der Waals surface area contributed by atoms with Gasteiger partial charge in [0.25, 0.3) is 0 Å². The average Bonchev–Trinajstić information content (AvgIpc) is 2.76. The lowest BCUT2D eigenvalue weighted by Crippen LogP contribution is -2.21. The van der Waals surface area contributed by atoms with Gasteiger partial charge in [-0.2, -0.15) is 11.8 Å². The second kappa shape index (κ2) is 6.61. The van der Waals surface area contributed by atoms with Gasteiger partial charge in [0, 0.05) is 34.8 Å². The third-order valence-electron chi connectivity index (χ3n) is 3.09. The van der Waals surface area contributed by atoms with E-state index in [1.165, 1.54) is 9.88 Å². The summed E-state index contributed by atoms with van der Waals surface area (Å²) in [6.07, 6.45) is 0. The third-order valence-corrected chi connectivity index (χ3v) is 7.87. The van der Waals surface area contributed by atoms with Crippen molar-refractivity contribution in [3.63, 3.8) is 0 Å². The van der Waals surface area contributed by atoms with E-state index in [0.717, 1.165) is 16.7 Å². The summed E-state index contributed by atoms with van der Waals surface area (Å²) < 4.78 is 5.19. The molecule has 2 rings (SSSR count). The van der Waals surface area contributed by atoms with Gasteiger partial charge in [-0.15, -0.1) is 23.1 Å². The molecule has 0 saturated carbocycles. The zero-order valence-corrected chi connectivity index (χ0v) is 13.5. The van der Waals surface area contributed by atoms with E-state index in [0.29, 0.717) is 23.7 Å². The van der Waals surface area contributed by atoms with Crippen LogP contribution in [-0.4, -0.2) is 28.3 Å². The Morgan fingerprint density at radius 1 is 1.39 bits per heavy atom. The van der Waals surface area contributed by atoms with Crippen LogP contribution in [0, 0.1) is 0 Å². The Morgan fingerprint density at radius 2 is 2.17 bits per heavy atom. The number of aromatic nitrogens is 1. The predicted molar refractivity (Wildman–Crippen MR) is 82.4 cm³/mol. The van der Waals surface area contributed by atoms with Crippen molar-refractivity contribution in [3.8, 4) is 0 Å². The molecular weight excluding hydrogens is 284 g/mol. The Morgan fingerprint density at radius 3 is 2.78 bits per heavy atom. The number of nitrogens with zero attached hydrogens (tertiary/aromatic N) is 1. The monoisotopic (exact) mass is 304 g/mol. The van der Waals surface area contributed by atoms with Crippen molar-refractivity contribution in [1.82, 2.24) is 4.98 Å². The highest BCUT2D eigenvalue weighted by atomic mass is 32.2. The summed E-state index contributed by atoms with van der Waals surface area (Å²) in [6.45, 7) is 5.75. The molecule has 6 heteroatoms. The molecule has 0 aliphatic carbocycles. The molecule has 0 spiro atoms. The van der Waals surface area contributed by atoms with Gasteiger partial charge in [0.2, 0.25) is 0 Å². The molecule has 0 bridgehead atoms. The van der Waals surface area contributed by atoms with Gasteiger partial charge in [-0.25, -0.2) is 4.98 Å². The fourth-order valence-corrected chi connectivity index (χ4v) is 6.00. The second-order valence-electron chi connectivity index (χ2n) is 4.43. The van der Waals surface area contributed by atoms with E-state index in [1.807, 2.05) is 23.5 Å². The molecule has 1 aliphatic rings. The van der Waals surface area contributed by atoms with Crippen molar-refractivity contribution in [2.75, 3.05) is 12.9 Å². The topological polar surface area (TPSA) is 48.1 Å². The Labute approximate surface area is 121 Å². The summed E-state index contributed by atoms with van der Waals surface area (Å²) in [5.74, 6) is 1.15. The Hall–Kier alpha value is 0.250. The Bertz CT molecular complexity index is 397. The summed E-state index contributed by atoms with van der Waals surface area (Å²) in [5, 5.41) is 3.16. The lowest BCUT2D eigenvalue weighted by molar-refractivity contribution is 0.181. The number of thiazole rings is 1. The molecule has 102 valence electrons. The van der Waals surface area contributed by atoms with Crippen LogP contribution < -0.4 is 5.73 Å². The molecular formula is C12H20N2OS3. The highest BCUT2D eigenvalue weighted by molar-refractivity contribution is 8.07. The van der Waals surface area contributed by atoms with E-state index in [2.05, 4.69) is 13.8 Å². The van der Waals surface area contributed by atoms with Crippen LogP contribution >= 0.6 is 34.9 Å². The van der Waals surface area contributed by atoms with Crippen LogP contribution in [0.1, 0.15) is 34.7 Å². The van der Waals surface area contributed by atoms with Crippen LogP contribution in [0.3, 0.4) is 0 Å². The Balaban J connectivity index is 2.13. The summed E-state index contributed by atoms with van der Waals surface area (Å²) in [5.41, 5.74) is 6.80. The van der Waals surface area contributed by atoms with Crippen LogP contribution in [0.25, 0.3) is 0 Å². The molecule has 1 aromatic rings. The van der Waals surface area contributed by atoms with Crippen molar-refractivity contribution in [3.05, 3.63) is 15.6 Å². The van der Waals surface area contributed by atoms with Gasteiger partial charge in [0.1, 0.15) is 5.01 Å². The average molecular weight is 305 g/mol. The minimum Gasteiger partial charge on any atom is -0.378 e. The molecule has 3 nitrogen and oxygen atoms in total. The van der Waals surface area contributed by atoms with Crippen LogP contribution in [0.15, 0.2) is 0 Å². The normalized spacial score (nSPS) is 28.6. The van der Waals surface area contributed by atoms with Crippen molar-refractivity contribution in [2.45, 2.75) is 42.7 Å². The third kappa shape index (κ3) is 3.22. The van der Waals surface area contributed by atoms with Crippen molar-refractivity contribution < 1.29 is 4.74 Å². The van der Waals surface area contributed by atoms with E-state index in [9.17, 15) is 0 Å². The number of hydrogen-bond acceptors (Lipinski definition) is 6. The summed E-state index contributed by atoms with van der Waals surface area (Å²) >= 11 is 5.85. The molecule has 0 amide bonds. The first kappa shape index (κ1) is 14.7. The number of methoxy groups -OCH3 is 1. The largest absolute Gasteiger partial charge is 0.378 e. The molecule has 1 aromatic heterocycles. The van der Waals surface area contributed by atoms with Crippen molar-refractivity contribution in [1.29, 1.82) is 0 Å². The van der Waals surface area contributed by atoms with Crippen LogP contribution in [0.5, 0.6) is 0 Å². The first-order valence-corrected chi connectivity index (χ1v) is 8.91. The molecule has 18 heavy (non-hydrogen) atoms. The molecule has 0 aromatic carbocycles. The van der Waals surface area contributed by atoms with Crippen LogP contribution in [-0.2, 0) is 17.9 Å². The fraction of sp³-hybridized carbons (Fsp3) is 0.750. The second-order valence-corrected chi connectivity index (χ2v) is 8.54. The fourth-order valence-electron chi connectivity index (χ4n) is 1.86. The minimum atomic E-state index is 0.516. The van der Waals surface area contributed by atoms with Crippen molar-refractivity contribution >= 4 is 34.9 Å². The number of thioether (sulfide) groups is 2. The SMILES string of the molecule is COCc1nc(C2CSC(C)C(C)S2)sc1CN. The van der Waals surface area contributed by atoms with Gasteiger partial charge >= 0.3 is 0 Å². The standard InChI is InChI=1S/C12H20N2OS3/c1-7-8(2)17-11(6-16-7)12-14-9(5-15-3)10(4-13)18-12/h7-8,11H,4-6,13H2,1-3H3. The highest BCUT2D eigenvalue weighted by Crippen LogP contribution is 2.45. The first-order valence-electron chi connectivity index (χ1n) is 6.10. The van der Waals surface area contributed by atoms with E-state index in [-0.39, 0.29) is 0 Å². The van der Waals surface area contributed by atoms with Crippen LogP contribution in [0.2, 0.25) is 0 Å². The maximum Gasteiger partial charge on any atom is 0.107 e.